The number of nitrogens with zero attached hydrogens (tertiary/aromatic N) is 1. The molecule has 0 N–H and O–H groups in total. The highest BCUT2D eigenvalue weighted by atomic mass is 16.2. The molecule has 90 valence electrons. The molecule has 4 atom stereocenters. The van der Waals surface area contributed by atoms with E-state index < -0.39 is 0 Å². The van der Waals surface area contributed by atoms with E-state index in [0.717, 1.165) is 18.9 Å². The maximum absolute atomic E-state index is 12.4. The van der Waals surface area contributed by atoms with Crippen molar-refractivity contribution in [1.82, 2.24) is 4.90 Å². The molecule has 2 aliphatic carbocycles. The van der Waals surface area contributed by atoms with Gasteiger partial charge in [-0.15, -0.1) is 0 Å². The number of hydrogen-bond donors (Lipinski definition) is 0. The second-order valence-corrected chi connectivity index (χ2v) is 6.11. The summed E-state index contributed by atoms with van der Waals surface area (Å²) in [5.74, 6) is 2.38. The molecule has 2 heteroatoms. The summed E-state index contributed by atoms with van der Waals surface area (Å²) >= 11 is 0. The van der Waals surface area contributed by atoms with Gasteiger partial charge in [0.05, 0.1) is 0 Å². The molecular formula is C14H23NO. The number of piperidine rings is 1. The first-order valence-corrected chi connectivity index (χ1v) is 7.08. The first-order valence-electron chi connectivity index (χ1n) is 7.08. The fourth-order valence-corrected chi connectivity index (χ4v) is 3.78. The highest BCUT2D eigenvalue weighted by molar-refractivity contribution is 5.82. The Balaban J connectivity index is 1.70. The number of rotatable bonds is 1. The summed E-state index contributed by atoms with van der Waals surface area (Å²) in [6, 6.07) is 0.614. The number of likely N-dealkylation sites (tertiary alicyclic amines) is 1. The Kier molecular flexibility index (Phi) is 2.68. The maximum atomic E-state index is 12.4. The van der Waals surface area contributed by atoms with Crippen LogP contribution in [-0.2, 0) is 4.79 Å². The van der Waals surface area contributed by atoms with Crippen molar-refractivity contribution in [2.75, 3.05) is 6.54 Å². The third kappa shape index (κ3) is 1.76. The molecule has 3 fully saturated rings. The molecule has 4 unspecified atom stereocenters. The van der Waals surface area contributed by atoms with Crippen LogP contribution in [0.25, 0.3) is 0 Å². The monoisotopic (exact) mass is 221 g/mol. The van der Waals surface area contributed by atoms with E-state index >= 15 is 0 Å². The predicted molar refractivity (Wildman–Crippen MR) is 64.0 cm³/mol. The van der Waals surface area contributed by atoms with Gasteiger partial charge >= 0.3 is 0 Å². The Bertz CT molecular complexity index is 286. The van der Waals surface area contributed by atoms with Crippen molar-refractivity contribution in [3.05, 3.63) is 0 Å². The van der Waals surface area contributed by atoms with Crippen LogP contribution in [0.5, 0.6) is 0 Å². The minimum absolute atomic E-state index is 0.390. The van der Waals surface area contributed by atoms with Crippen molar-refractivity contribution in [3.63, 3.8) is 0 Å². The molecule has 3 rings (SSSR count). The minimum Gasteiger partial charge on any atom is -0.339 e. The van der Waals surface area contributed by atoms with Crippen LogP contribution in [0.4, 0.5) is 0 Å². The van der Waals surface area contributed by atoms with Gasteiger partial charge in [-0.05, 0) is 43.9 Å². The highest BCUT2D eigenvalue weighted by Crippen LogP contribution is 2.42. The third-order valence-corrected chi connectivity index (χ3v) is 4.95. The van der Waals surface area contributed by atoms with Gasteiger partial charge in [0.25, 0.3) is 0 Å². The number of carbonyl (C=O) groups is 1. The molecule has 1 saturated heterocycles. The zero-order chi connectivity index (χ0) is 11.1. The van der Waals surface area contributed by atoms with Gasteiger partial charge in [0.1, 0.15) is 0 Å². The average Bonchev–Trinajstić information content (AvgIpc) is 3.05. The lowest BCUT2D eigenvalue weighted by molar-refractivity contribution is -0.139. The Hall–Kier alpha value is -0.530. The van der Waals surface area contributed by atoms with Gasteiger partial charge < -0.3 is 4.90 Å². The summed E-state index contributed by atoms with van der Waals surface area (Å²) in [7, 11) is 0. The molecule has 0 bridgehead atoms. The van der Waals surface area contributed by atoms with Crippen LogP contribution in [0, 0.1) is 17.8 Å². The molecule has 0 radical (unpaired) electrons. The van der Waals surface area contributed by atoms with Crippen molar-refractivity contribution in [3.8, 4) is 0 Å². The van der Waals surface area contributed by atoms with E-state index in [9.17, 15) is 4.79 Å². The van der Waals surface area contributed by atoms with Crippen LogP contribution in [0.1, 0.15) is 51.9 Å². The van der Waals surface area contributed by atoms with E-state index in [1.165, 1.54) is 38.5 Å². The number of fused-ring (bicyclic) bond motifs is 1. The van der Waals surface area contributed by atoms with Crippen LogP contribution >= 0.6 is 0 Å². The topological polar surface area (TPSA) is 20.3 Å². The Morgan fingerprint density at radius 3 is 2.56 bits per heavy atom. The Labute approximate surface area is 98.4 Å². The van der Waals surface area contributed by atoms with E-state index in [-0.39, 0.29) is 0 Å². The van der Waals surface area contributed by atoms with Gasteiger partial charge in [0.15, 0.2) is 0 Å². The lowest BCUT2D eigenvalue weighted by Crippen LogP contribution is -2.50. The molecule has 0 aromatic carbocycles. The quantitative estimate of drug-likeness (QED) is 0.666. The van der Waals surface area contributed by atoms with Gasteiger partial charge in [0.2, 0.25) is 5.91 Å². The SMILES string of the molecule is CC1CC1C(=O)N1CCCC2CCCCC21. The van der Waals surface area contributed by atoms with Crippen molar-refractivity contribution in [1.29, 1.82) is 0 Å². The predicted octanol–water partition coefficient (Wildman–Crippen LogP) is 2.82. The molecule has 0 aromatic heterocycles. The number of carbonyl (C=O) groups excluding carboxylic acids is 1. The number of amides is 1. The number of hydrogen-bond acceptors (Lipinski definition) is 1. The van der Waals surface area contributed by atoms with Crippen LogP contribution in [0.15, 0.2) is 0 Å². The normalized spacial score (nSPS) is 42.7. The fraction of sp³-hybridized carbons (Fsp3) is 0.929. The van der Waals surface area contributed by atoms with Gasteiger partial charge in [-0.2, -0.15) is 0 Å². The van der Waals surface area contributed by atoms with E-state index in [1.807, 2.05) is 0 Å². The molecule has 0 spiro atoms. The van der Waals surface area contributed by atoms with E-state index in [1.54, 1.807) is 0 Å². The smallest absolute Gasteiger partial charge is 0.226 e. The third-order valence-electron chi connectivity index (χ3n) is 4.95. The maximum Gasteiger partial charge on any atom is 0.226 e. The second kappa shape index (κ2) is 4.05. The van der Waals surface area contributed by atoms with Crippen molar-refractivity contribution in [2.45, 2.75) is 57.9 Å². The molecule has 1 heterocycles. The Morgan fingerprint density at radius 1 is 1.12 bits per heavy atom. The van der Waals surface area contributed by atoms with E-state index in [4.69, 9.17) is 0 Å². The summed E-state index contributed by atoms with van der Waals surface area (Å²) in [5, 5.41) is 0. The van der Waals surface area contributed by atoms with Crippen molar-refractivity contribution in [2.24, 2.45) is 17.8 Å². The summed E-state index contributed by atoms with van der Waals surface area (Å²) in [6.45, 7) is 3.26. The van der Waals surface area contributed by atoms with Gasteiger partial charge in [-0.1, -0.05) is 19.8 Å². The van der Waals surface area contributed by atoms with Crippen molar-refractivity contribution >= 4 is 5.91 Å². The van der Waals surface area contributed by atoms with Gasteiger partial charge in [-0.25, -0.2) is 0 Å². The molecule has 0 aromatic rings. The molecular weight excluding hydrogens is 198 g/mol. The van der Waals surface area contributed by atoms with E-state index in [0.29, 0.717) is 23.8 Å². The summed E-state index contributed by atoms with van der Waals surface area (Å²) in [4.78, 5) is 14.6. The highest BCUT2D eigenvalue weighted by Gasteiger charge is 2.45. The molecule has 2 nitrogen and oxygen atoms in total. The molecule has 2 saturated carbocycles. The first-order chi connectivity index (χ1) is 7.77. The molecule has 1 amide bonds. The van der Waals surface area contributed by atoms with Crippen LogP contribution in [0.3, 0.4) is 0 Å². The largest absolute Gasteiger partial charge is 0.339 e. The van der Waals surface area contributed by atoms with Crippen molar-refractivity contribution < 1.29 is 4.79 Å². The molecule has 3 aliphatic rings. The van der Waals surface area contributed by atoms with Gasteiger partial charge in [0, 0.05) is 18.5 Å². The zero-order valence-electron chi connectivity index (χ0n) is 10.3. The average molecular weight is 221 g/mol. The van der Waals surface area contributed by atoms with Crippen LogP contribution in [0.2, 0.25) is 0 Å². The lowest BCUT2D eigenvalue weighted by Gasteiger charge is -2.44. The zero-order valence-corrected chi connectivity index (χ0v) is 10.3. The summed E-state index contributed by atoms with van der Waals surface area (Å²) < 4.78 is 0. The minimum atomic E-state index is 0.390. The summed E-state index contributed by atoms with van der Waals surface area (Å²) in [6.07, 6.45) is 9.13. The molecule has 16 heavy (non-hydrogen) atoms. The van der Waals surface area contributed by atoms with Crippen LogP contribution < -0.4 is 0 Å². The molecule has 1 aliphatic heterocycles. The summed E-state index contributed by atoms with van der Waals surface area (Å²) in [5.41, 5.74) is 0. The first kappa shape index (κ1) is 10.6. The fourth-order valence-electron chi connectivity index (χ4n) is 3.78. The van der Waals surface area contributed by atoms with Gasteiger partial charge in [-0.3, -0.25) is 4.79 Å². The lowest BCUT2D eigenvalue weighted by atomic mass is 9.78. The Morgan fingerprint density at radius 2 is 1.81 bits per heavy atom. The van der Waals surface area contributed by atoms with Crippen LogP contribution in [-0.4, -0.2) is 23.4 Å². The van der Waals surface area contributed by atoms with E-state index in [2.05, 4.69) is 11.8 Å². The second-order valence-electron chi connectivity index (χ2n) is 6.11. The standard InChI is InChI=1S/C14H23NO/c1-10-9-12(10)14(16)15-8-4-6-11-5-2-3-7-13(11)15/h10-13H,2-9H2,1H3.